The number of rotatable bonds is 2. The number of nitrogens with two attached hydrogens (primary N) is 1. The number of pyridine rings is 1. The summed E-state index contributed by atoms with van der Waals surface area (Å²) < 4.78 is 1.65. The molecule has 0 aliphatic heterocycles. The molecular formula is C9H11N5O. The molecular weight excluding hydrogens is 194 g/mol. The highest BCUT2D eigenvalue weighted by Crippen LogP contribution is 2.15. The van der Waals surface area contributed by atoms with Crippen molar-refractivity contribution in [1.29, 1.82) is 0 Å². The number of likely N-dealkylation sites (N-methyl/N-ethyl adjacent to an activating group) is 1. The van der Waals surface area contributed by atoms with Crippen molar-refractivity contribution in [3.05, 3.63) is 18.5 Å². The molecule has 0 saturated carbocycles. The van der Waals surface area contributed by atoms with E-state index in [1.54, 1.807) is 30.1 Å². The second-order valence-electron chi connectivity index (χ2n) is 3.09. The van der Waals surface area contributed by atoms with Crippen LogP contribution in [-0.2, 0) is 11.3 Å². The average Bonchev–Trinajstić information content (AvgIpc) is 2.55. The van der Waals surface area contributed by atoms with Crippen LogP contribution >= 0.6 is 0 Å². The number of carbonyl (C=O) groups is 1. The van der Waals surface area contributed by atoms with Crippen LogP contribution in [0.4, 0.5) is 5.95 Å². The van der Waals surface area contributed by atoms with Crippen molar-refractivity contribution in [3.63, 3.8) is 0 Å². The van der Waals surface area contributed by atoms with Crippen molar-refractivity contribution < 1.29 is 4.79 Å². The van der Waals surface area contributed by atoms with Crippen molar-refractivity contribution in [2.75, 3.05) is 12.8 Å². The molecule has 0 bridgehead atoms. The summed E-state index contributed by atoms with van der Waals surface area (Å²) in [5.41, 5.74) is 7.21. The Labute approximate surface area is 86.1 Å². The molecule has 1 amide bonds. The molecule has 0 saturated heterocycles. The van der Waals surface area contributed by atoms with E-state index >= 15 is 0 Å². The topological polar surface area (TPSA) is 85.8 Å². The summed E-state index contributed by atoms with van der Waals surface area (Å²) in [6.07, 6.45) is 3.26. The Morgan fingerprint density at radius 3 is 3.20 bits per heavy atom. The predicted octanol–water partition coefficient (Wildman–Crippen LogP) is -0.240. The molecule has 2 heterocycles. The van der Waals surface area contributed by atoms with Gasteiger partial charge in [0.25, 0.3) is 0 Å². The lowest BCUT2D eigenvalue weighted by atomic mass is 10.4. The predicted molar refractivity (Wildman–Crippen MR) is 56.0 cm³/mol. The Bertz CT molecular complexity index is 504. The van der Waals surface area contributed by atoms with Gasteiger partial charge in [-0.05, 0) is 6.07 Å². The molecule has 0 atom stereocenters. The zero-order valence-corrected chi connectivity index (χ0v) is 8.27. The number of imidazole rings is 1. The Kier molecular flexibility index (Phi) is 2.24. The first kappa shape index (κ1) is 9.45. The van der Waals surface area contributed by atoms with Gasteiger partial charge in [0.15, 0.2) is 0 Å². The number of aromatic nitrogens is 3. The Balaban J connectivity index is 2.49. The van der Waals surface area contributed by atoms with Crippen molar-refractivity contribution in [2.45, 2.75) is 6.54 Å². The number of nitrogens with one attached hydrogen (secondary N) is 1. The molecule has 2 aromatic heterocycles. The van der Waals surface area contributed by atoms with Crippen LogP contribution in [-0.4, -0.2) is 27.5 Å². The summed E-state index contributed by atoms with van der Waals surface area (Å²) >= 11 is 0. The number of carbonyl (C=O) groups excluding carboxylic acids is 1. The van der Waals surface area contributed by atoms with Crippen LogP contribution in [0.15, 0.2) is 18.5 Å². The van der Waals surface area contributed by atoms with Gasteiger partial charge < -0.3 is 15.6 Å². The summed E-state index contributed by atoms with van der Waals surface area (Å²) in [7, 11) is 1.58. The van der Waals surface area contributed by atoms with Gasteiger partial charge in [0.2, 0.25) is 11.9 Å². The number of anilines is 1. The molecule has 0 aliphatic rings. The third-order valence-corrected chi connectivity index (χ3v) is 2.16. The van der Waals surface area contributed by atoms with E-state index in [1.165, 1.54) is 0 Å². The maximum Gasteiger partial charge on any atom is 0.239 e. The molecule has 0 unspecified atom stereocenters. The average molecular weight is 205 g/mol. The number of hydrogen-bond donors (Lipinski definition) is 2. The summed E-state index contributed by atoms with van der Waals surface area (Å²) in [6, 6.07) is 1.78. The van der Waals surface area contributed by atoms with Gasteiger partial charge >= 0.3 is 0 Å². The van der Waals surface area contributed by atoms with Gasteiger partial charge in [-0.3, -0.25) is 9.78 Å². The highest BCUT2D eigenvalue weighted by atomic mass is 16.1. The lowest BCUT2D eigenvalue weighted by Crippen LogP contribution is -2.24. The van der Waals surface area contributed by atoms with Crippen LogP contribution in [0.5, 0.6) is 0 Å². The maximum absolute atomic E-state index is 11.2. The normalized spacial score (nSPS) is 10.5. The summed E-state index contributed by atoms with van der Waals surface area (Å²) in [5, 5.41) is 2.54. The van der Waals surface area contributed by atoms with Crippen molar-refractivity contribution in [1.82, 2.24) is 19.9 Å². The van der Waals surface area contributed by atoms with Crippen molar-refractivity contribution in [2.24, 2.45) is 0 Å². The van der Waals surface area contributed by atoms with Crippen LogP contribution in [0.25, 0.3) is 11.0 Å². The van der Waals surface area contributed by atoms with Gasteiger partial charge in [0, 0.05) is 13.2 Å². The maximum atomic E-state index is 11.2. The first-order chi connectivity index (χ1) is 7.22. The minimum atomic E-state index is -0.113. The summed E-state index contributed by atoms with van der Waals surface area (Å²) in [4.78, 5) is 19.3. The van der Waals surface area contributed by atoms with E-state index in [4.69, 9.17) is 5.73 Å². The second-order valence-corrected chi connectivity index (χ2v) is 3.09. The molecule has 3 N–H and O–H groups in total. The van der Waals surface area contributed by atoms with Gasteiger partial charge in [-0.15, -0.1) is 0 Å². The van der Waals surface area contributed by atoms with E-state index in [-0.39, 0.29) is 12.5 Å². The highest BCUT2D eigenvalue weighted by molar-refractivity contribution is 5.82. The zero-order valence-electron chi connectivity index (χ0n) is 8.27. The van der Waals surface area contributed by atoms with E-state index in [1.807, 2.05) is 0 Å². The third kappa shape index (κ3) is 1.61. The molecule has 2 aromatic rings. The van der Waals surface area contributed by atoms with Gasteiger partial charge in [-0.1, -0.05) is 0 Å². The highest BCUT2D eigenvalue weighted by Gasteiger charge is 2.09. The molecule has 78 valence electrons. The lowest BCUT2D eigenvalue weighted by molar-refractivity contribution is -0.121. The van der Waals surface area contributed by atoms with E-state index in [0.717, 1.165) is 5.52 Å². The number of hydrogen-bond acceptors (Lipinski definition) is 4. The van der Waals surface area contributed by atoms with Crippen LogP contribution in [0.3, 0.4) is 0 Å². The van der Waals surface area contributed by atoms with Crippen LogP contribution in [0.1, 0.15) is 0 Å². The quantitative estimate of drug-likeness (QED) is 0.708. The first-order valence-corrected chi connectivity index (χ1v) is 4.48. The third-order valence-electron chi connectivity index (χ3n) is 2.16. The largest absolute Gasteiger partial charge is 0.369 e. The smallest absolute Gasteiger partial charge is 0.239 e. The SMILES string of the molecule is CNC(=O)Cn1c(N)nc2cnccc21. The molecule has 0 radical (unpaired) electrons. The van der Waals surface area contributed by atoms with E-state index < -0.39 is 0 Å². The molecule has 0 fully saturated rings. The second kappa shape index (κ2) is 3.56. The zero-order chi connectivity index (χ0) is 10.8. The molecule has 0 aliphatic carbocycles. The van der Waals surface area contributed by atoms with Gasteiger partial charge in [-0.25, -0.2) is 4.98 Å². The van der Waals surface area contributed by atoms with Gasteiger partial charge in [0.1, 0.15) is 12.1 Å². The number of nitrogen functional groups attached to an aromatic ring is 1. The Morgan fingerprint density at radius 2 is 2.47 bits per heavy atom. The van der Waals surface area contributed by atoms with Crippen LogP contribution in [0.2, 0.25) is 0 Å². The first-order valence-electron chi connectivity index (χ1n) is 4.48. The van der Waals surface area contributed by atoms with Crippen LogP contribution in [0, 0.1) is 0 Å². The summed E-state index contributed by atoms with van der Waals surface area (Å²) in [6.45, 7) is 0.169. The molecule has 0 spiro atoms. The molecule has 15 heavy (non-hydrogen) atoms. The van der Waals surface area contributed by atoms with Gasteiger partial charge in [-0.2, -0.15) is 0 Å². The number of amides is 1. The van der Waals surface area contributed by atoms with E-state index in [9.17, 15) is 4.79 Å². The Morgan fingerprint density at radius 1 is 1.67 bits per heavy atom. The monoisotopic (exact) mass is 205 g/mol. The van der Waals surface area contributed by atoms with Crippen molar-refractivity contribution in [3.8, 4) is 0 Å². The van der Waals surface area contributed by atoms with E-state index in [2.05, 4.69) is 15.3 Å². The standard InChI is InChI=1S/C9H11N5O/c1-11-8(15)5-14-7-2-3-12-4-6(7)13-9(14)10/h2-4H,5H2,1H3,(H2,10,13)(H,11,15). The van der Waals surface area contributed by atoms with Crippen LogP contribution < -0.4 is 11.1 Å². The minimum absolute atomic E-state index is 0.113. The fourth-order valence-electron chi connectivity index (χ4n) is 1.39. The number of nitrogens with zero attached hydrogens (tertiary/aromatic N) is 3. The summed E-state index contributed by atoms with van der Waals surface area (Å²) in [5.74, 6) is 0.208. The van der Waals surface area contributed by atoms with Crippen molar-refractivity contribution >= 4 is 22.9 Å². The fraction of sp³-hybridized carbons (Fsp3) is 0.222. The van der Waals surface area contributed by atoms with Gasteiger partial charge in [0.05, 0.1) is 11.7 Å². The number of fused-ring (bicyclic) bond motifs is 1. The van der Waals surface area contributed by atoms with E-state index in [0.29, 0.717) is 11.5 Å². The minimum Gasteiger partial charge on any atom is -0.369 e. The molecule has 0 aromatic carbocycles. The fourth-order valence-corrected chi connectivity index (χ4v) is 1.39. The Hall–Kier alpha value is -2.11. The molecule has 2 rings (SSSR count). The molecule has 6 heteroatoms. The molecule has 6 nitrogen and oxygen atoms in total. The lowest BCUT2D eigenvalue weighted by Gasteiger charge is -2.04.